The van der Waals surface area contributed by atoms with E-state index in [2.05, 4.69) is 43.9 Å². The van der Waals surface area contributed by atoms with Crippen molar-refractivity contribution in [1.29, 1.82) is 0 Å². The van der Waals surface area contributed by atoms with Crippen molar-refractivity contribution in [2.75, 3.05) is 13.1 Å². The zero-order valence-electron chi connectivity index (χ0n) is 9.09. The Labute approximate surface area is 82.1 Å². The molecule has 0 saturated carbocycles. The van der Waals surface area contributed by atoms with Gasteiger partial charge in [-0.05, 0) is 31.8 Å². The van der Waals surface area contributed by atoms with E-state index in [4.69, 9.17) is 0 Å². The summed E-state index contributed by atoms with van der Waals surface area (Å²) < 4.78 is 0. The summed E-state index contributed by atoms with van der Waals surface area (Å²) in [5, 5.41) is 0. The fraction of sp³-hybridized carbons (Fsp3) is 0.667. The molecule has 0 amide bonds. The Kier molecular flexibility index (Phi) is 4.07. The van der Waals surface area contributed by atoms with Crippen molar-refractivity contribution in [3.8, 4) is 0 Å². The SMILES string of the molecule is CCCN(CC)C1=CCC(C)C=C1. The van der Waals surface area contributed by atoms with E-state index >= 15 is 0 Å². The molecule has 74 valence electrons. The Balaban J connectivity index is 2.55. The summed E-state index contributed by atoms with van der Waals surface area (Å²) in [5.74, 6) is 0.726. The zero-order chi connectivity index (χ0) is 9.68. The molecule has 0 heterocycles. The number of allylic oxidation sites excluding steroid dienone is 3. The predicted molar refractivity (Wildman–Crippen MR) is 58.5 cm³/mol. The van der Waals surface area contributed by atoms with Crippen LogP contribution < -0.4 is 0 Å². The van der Waals surface area contributed by atoms with Gasteiger partial charge >= 0.3 is 0 Å². The minimum Gasteiger partial charge on any atom is -0.372 e. The average molecular weight is 179 g/mol. The summed E-state index contributed by atoms with van der Waals surface area (Å²) >= 11 is 0. The molecule has 13 heavy (non-hydrogen) atoms. The van der Waals surface area contributed by atoms with Gasteiger partial charge in [-0.3, -0.25) is 0 Å². The van der Waals surface area contributed by atoms with Gasteiger partial charge in [0.15, 0.2) is 0 Å². The van der Waals surface area contributed by atoms with E-state index in [9.17, 15) is 0 Å². The van der Waals surface area contributed by atoms with E-state index in [0.717, 1.165) is 12.5 Å². The van der Waals surface area contributed by atoms with Crippen LogP contribution in [0.2, 0.25) is 0 Å². The van der Waals surface area contributed by atoms with Crippen LogP contribution in [0.25, 0.3) is 0 Å². The molecular weight excluding hydrogens is 158 g/mol. The van der Waals surface area contributed by atoms with Gasteiger partial charge in [-0.15, -0.1) is 0 Å². The lowest BCUT2D eigenvalue weighted by atomic mass is 10.0. The summed E-state index contributed by atoms with van der Waals surface area (Å²) in [4.78, 5) is 2.45. The quantitative estimate of drug-likeness (QED) is 0.640. The molecule has 0 fully saturated rings. The van der Waals surface area contributed by atoms with Crippen molar-refractivity contribution in [2.24, 2.45) is 5.92 Å². The van der Waals surface area contributed by atoms with Crippen LogP contribution in [0.5, 0.6) is 0 Å². The number of hydrogen-bond donors (Lipinski definition) is 0. The standard InChI is InChI=1S/C12H21N/c1-4-10-13(5-2)12-8-6-11(3)7-9-12/h6,8-9,11H,4-5,7,10H2,1-3H3. The van der Waals surface area contributed by atoms with Gasteiger partial charge in [0.05, 0.1) is 0 Å². The predicted octanol–water partition coefficient (Wildman–Crippen LogP) is 3.20. The summed E-state index contributed by atoms with van der Waals surface area (Å²) in [6.07, 6.45) is 9.38. The smallest absolute Gasteiger partial charge is 0.0322 e. The average Bonchev–Trinajstić information content (AvgIpc) is 2.16. The van der Waals surface area contributed by atoms with Crippen LogP contribution in [-0.4, -0.2) is 18.0 Å². The molecule has 0 spiro atoms. The Morgan fingerprint density at radius 1 is 1.46 bits per heavy atom. The van der Waals surface area contributed by atoms with Crippen LogP contribution in [-0.2, 0) is 0 Å². The van der Waals surface area contributed by atoms with Gasteiger partial charge < -0.3 is 4.90 Å². The number of likely N-dealkylation sites (N-methyl/N-ethyl adjacent to an activating group) is 1. The maximum absolute atomic E-state index is 2.45. The third kappa shape index (κ3) is 2.91. The molecule has 0 radical (unpaired) electrons. The molecule has 0 bridgehead atoms. The number of hydrogen-bond acceptors (Lipinski definition) is 1. The summed E-state index contributed by atoms with van der Waals surface area (Å²) in [5.41, 5.74) is 1.42. The second-order valence-corrected chi connectivity index (χ2v) is 3.78. The van der Waals surface area contributed by atoms with Crippen LogP contribution in [0.4, 0.5) is 0 Å². The van der Waals surface area contributed by atoms with E-state index in [0.29, 0.717) is 0 Å². The van der Waals surface area contributed by atoms with Crippen molar-refractivity contribution in [3.05, 3.63) is 23.9 Å². The lowest BCUT2D eigenvalue weighted by molar-refractivity contribution is 0.369. The maximum Gasteiger partial charge on any atom is 0.0322 e. The monoisotopic (exact) mass is 179 g/mol. The molecular formula is C12H21N. The number of nitrogens with zero attached hydrogens (tertiary/aromatic N) is 1. The van der Waals surface area contributed by atoms with Crippen molar-refractivity contribution < 1.29 is 0 Å². The normalized spacial score (nSPS) is 21.5. The molecule has 1 heteroatoms. The van der Waals surface area contributed by atoms with Crippen LogP contribution in [0.3, 0.4) is 0 Å². The van der Waals surface area contributed by atoms with E-state index < -0.39 is 0 Å². The first kappa shape index (κ1) is 10.4. The molecule has 0 aliphatic heterocycles. The molecule has 1 nitrogen and oxygen atoms in total. The lowest BCUT2D eigenvalue weighted by Gasteiger charge is -2.26. The highest BCUT2D eigenvalue weighted by Gasteiger charge is 2.08. The Morgan fingerprint density at radius 2 is 2.23 bits per heavy atom. The second-order valence-electron chi connectivity index (χ2n) is 3.78. The van der Waals surface area contributed by atoms with Crippen LogP contribution in [0.15, 0.2) is 23.9 Å². The molecule has 1 rings (SSSR count). The number of rotatable bonds is 4. The third-order valence-corrected chi connectivity index (χ3v) is 2.53. The highest BCUT2D eigenvalue weighted by atomic mass is 15.1. The Bertz CT molecular complexity index is 203. The van der Waals surface area contributed by atoms with Gasteiger partial charge in [0.2, 0.25) is 0 Å². The molecule has 0 aromatic heterocycles. The zero-order valence-corrected chi connectivity index (χ0v) is 9.09. The highest BCUT2D eigenvalue weighted by Crippen LogP contribution is 2.18. The maximum atomic E-state index is 2.45. The fourth-order valence-corrected chi connectivity index (χ4v) is 1.69. The largest absolute Gasteiger partial charge is 0.372 e. The summed E-state index contributed by atoms with van der Waals surface area (Å²) in [7, 11) is 0. The Morgan fingerprint density at radius 3 is 2.69 bits per heavy atom. The van der Waals surface area contributed by atoms with Crippen molar-refractivity contribution >= 4 is 0 Å². The molecule has 0 N–H and O–H groups in total. The van der Waals surface area contributed by atoms with Gasteiger partial charge in [0.25, 0.3) is 0 Å². The van der Waals surface area contributed by atoms with E-state index in [-0.39, 0.29) is 0 Å². The van der Waals surface area contributed by atoms with Crippen LogP contribution in [0.1, 0.15) is 33.6 Å². The topological polar surface area (TPSA) is 3.24 Å². The first-order valence-electron chi connectivity index (χ1n) is 5.41. The molecule has 1 atom stereocenters. The van der Waals surface area contributed by atoms with Crippen molar-refractivity contribution in [3.63, 3.8) is 0 Å². The van der Waals surface area contributed by atoms with Gasteiger partial charge in [-0.1, -0.05) is 26.0 Å². The molecule has 1 aliphatic rings. The summed E-state index contributed by atoms with van der Waals surface area (Å²) in [6.45, 7) is 9.03. The minimum absolute atomic E-state index is 0.726. The van der Waals surface area contributed by atoms with E-state index in [1.807, 2.05) is 0 Å². The van der Waals surface area contributed by atoms with Crippen LogP contribution >= 0.6 is 0 Å². The Hall–Kier alpha value is -0.720. The first-order valence-corrected chi connectivity index (χ1v) is 5.41. The van der Waals surface area contributed by atoms with E-state index in [1.54, 1.807) is 0 Å². The summed E-state index contributed by atoms with van der Waals surface area (Å²) in [6, 6.07) is 0. The molecule has 1 aliphatic carbocycles. The van der Waals surface area contributed by atoms with E-state index in [1.165, 1.54) is 25.1 Å². The third-order valence-electron chi connectivity index (χ3n) is 2.53. The van der Waals surface area contributed by atoms with Crippen LogP contribution in [0, 0.1) is 5.92 Å². The fourth-order valence-electron chi connectivity index (χ4n) is 1.69. The van der Waals surface area contributed by atoms with Gasteiger partial charge in [-0.25, -0.2) is 0 Å². The highest BCUT2D eigenvalue weighted by molar-refractivity contribution is 5.22. The van der Waals surface area contributed by atoms with Crippen molar-refractivity contribution in [2.45, 2.75) is 33.6 Å². The first-order chi connectivity index (χ1) is 6.27. The molecule has 0 aromatic carbocycles. The molecule has 0 saturated heterocycles. The lowest BCUT2D eigenvalue weighted by Crippen LogP contribution is -2.23. The van der Waals surface area contributed by atoms with Gasteiger partial charge in [0.1, 0.15) is 0 Å². The minimum atomic E-state index is 0.726. The van der Waals surface area contributed by atoms with Gasteiger partial charge in [-0.2, -0.15) is 0 Å². The molecule has 0 aromatic rings. The van der Waals surface area contributed by atoms with Crippen molar-refractivity contribution in [1.82, 2.24) is 4.90 Å². The molecule has 1 unspecified atom stereocenters. The van der Waals surface area contributed by atoms with Gasteiger partial charge in [0, 0.05) is 18.8 Å². The second kappa shape index (κ2) is 5.11.